The van der Waals surface area contributed by atoms with E-state index < -0.39 is 15.7 Å². The van der Waals surface area contributed by atoms with Crippen molar-refractivity contribution in [1.82, 2.24) is 5.32 Å². The fourth-order valence-corrected chi connectivity index (χ4v) is 2.75. The van der Waals surface area contributed by atoms with Crippen LogP contribution < -0.4 is 5.32 Å². The summed E-state index contributed by atoms with van der Waals surface area (Å²) in [5.74, 6) is -0.600. The van der Waals surface area contributed by atoms with Crippen molar-refractivity contribution in [2.75, 3.05) is 19.4 Å². The third-order valence-electron chi connectivity index (χ3n) is 3.22. The molecule has 5 nitrogen and oxygen atoms in total. The summed E-state index contributed by atoms with van der Waals surface area (Å²) >= 11 is 0. The van der Waals surface area contributed by atoms with E-state index in [0.717, 1.165) is 5.56 Å². The topological polar surface area (TPSA) is 75.6 Å². The normalized spacial score (nSPS) is 14.1. The summed E-state index contributed by atoms with van der Waals surface area (Å²) in [6.07, 6.45) is -0.0221. The largest absolute Gasteiger partial charge is 0.375 e. The van der Waals surface area contributed by atoms with Gasteiger partial charge in [0.25, 0.3) is 10.1 Å². The second kappa shape index (κ2) is 7.31. The predicted molar refractivity (Wildman–Crippen MR) is 79.3 cm³/mol. The lowest BCUT2D eigenvalue weighted by Crippen LogP contribution is -2.46. The maximum Gasteiger partial charge on any atom is 0.264 e. The number of hydrogen-bond acceptors (Lipinski definition) is 4. The van der Waals surface area contributed by atoms with Crippen molar-refractivity contribution in [3.8, 4) is 0 Å². The zero-order valence-corrected chi connectivity index (χ0v) is 13.3. The molecule has 0 bridgehead atoms. The molecule has 0 fully saturated rings. The van der Waals surface area contributed by atoms with Crippen LogP contribution in [0.15, 0.2) is 24.3 Å². The Hall–Kier alpha value is -1.02. The summed E-state index contributed by atoms with van der Waals surface area (Å²) in [6, 6.07) is 6.06. The zero-order chi connectivity index (χ0) is 16.1. The molecule has 7 heteroatoms. The van der Waals surface area contributed by atoms with Crippen LogP contribution in [0.1, 0.15) is 31.9 Å². The molecule has 0 aromatic heterocycles. The van der Waals surface area contributed by atoms with E-state index in [1.807, 2.05) is 13.8 Å². The maximum atomic E-state index is 13.0. The third kappa shape index (κ3) is 6.09. The van der Waals surface area contributed by atoms with Crippen molar-refractivity contribution in [3.63, 3.8) is 0 Å². The molecule has 1 atom stereocenters. The van der Waals surface area contributed by atoms with Gasteiger partial charge in [0.05, 0.1) is 11.9 Å². The summed E-state index contributed by atoms with van der Waals surface area (Å²) in [5.41, 5.74) is 0.345. The van der Waals surface area contributed by atoms with Crippen LogP contribution in [-0.4, -0.2) is 37.9 Å². The van der Waals surface area contributed by atoms with Crippen LogP contribution in [0.2, 0.25) is 0 Å². The van der Waals surface area contributed by atoms with Gasteiger partial charge in [-0.1, -0.05) is 12.1 Å². The van der Waals surface area contributed by atoms with Crippen LogP contribution in [0.25, 0.3) is 0 Å². The van der Waals surface area contributed by atoms with Crippen LogP contribution in [0.5, 0.6) is 0 Å². The molecule has 0 saturated carbocycles. The minimum atomic E-state index is -3.94. The number of ether oxygens (including phenoxy) is 1. The van der Waals surface area contributed by atoms with Crippen LogP contribution in [-0.2, 0) is 14.9 Å². The van der Waals surface area contributed by atoms with Gasteiger partial charge < -0.3 is 10.1 Å². The van der Waals surface area contributed by atoms with Gasteiger partial charge in [-0.25, -0.2) is 4.39 Å². The van der Waals surface area contributed by atoms with E-state index in [1.54, 1.807) is 19.2 Å². The predicted octanol–water partition coefficient (Wildman–Crippen LogP) is 2.16. The minimum absolute atomic E-state index is 0.287. The van der Waals surface area contributed by atoms with Crippen molar-refractivity contribution in [3.05, 3.63) is 35.6 Å². The molecule has 0 amide bonds. The Balaban J connectivity index is 2.67. The lowest BCUT2D eigenvalue weighted by atomic mass is 9.91. The molecule has 1 unspecified atom stereocenters. The monoisotopic (exact) mass is 319 g/mol. The number of hydrogen-bond donors (Lipinski definition) is 2. The summed E-state index contributed by atoms with van der Waals surface area (Å²) < 4.78 is 48.5. The molecule has 0 aliphatic carbocycles. The Kier molecular flexibility index (Phi) is 6.27. The van der Waals surface area contributed by atoms with Gasteiger partial charge in [0, 0.05) is 12.6 Å². The van der Waals surface area contributed by atoms with Gasteiger partial charge in [-0.05, 0) is 44.5 Å². The SMILES string of the molecule is COC(c1ccc(F)cc1)C(C)(C)NCCCS(=O)(=O)O. The molecule has 21 heavy (non-hydrogen) atoms. The van der Waals surface area contributed by atoms with E-state index in [0.29, 0.717) is 13.0 Å². The van der Waals surface area contributed by atoms with Gasteiger partial charge in [0.2, 0.25) is 0 Å². The Labute approximate surface area is 125 Å². The highest BCUT2D eigenvalue weighted by molar-refractivity contribution is 7.85. The smallest absolute Gasteiger partial charge is 0.264 e. The first-order valence-electron chi connectivity index (χ1n) is 6.64. The summed E-state index contributed by atoms with van der Waals surface area (Å²) in [4.78, 5) is 0. The molecule has 1 rings (SSSR count). The lowest BCUT2D eigenvalue weighted by Gasteiger charge is -2.35. The van der Waals surface area contributed by atoms with Crippen molar-refractivity contribution in [2.45, 2.75) is 31.9 Å². The molecule has 0 spiro atoms. The van der Waals surface area contributed by atoms with Gasteiger partial charge in [-0.3, -0.25) is 4.55 Å². The Morgan fingerprint density at radius 2 is 1.90 bits per heavy atom. The fraction of sp³-hybridized carbons (Fsp3) is 0.571. The molecule has 0 saturated heterocycles. The first kappa shape index (κ1) is 18.0. The van der Waals surface area contributed by atoms with Crippen molar-refractivity contribution in [2.24, 2.45) is 0 Å². The fourth-order valence-electron chi connectivity index (χ4n) is 2.24. The average molecular weight is 319 g/mol. The number of rotatable bonds is 8. The molecule has 0 heterocycles. The zero-order valence-electron chi connectivity index (χ0n) is 12.5. The van der Waals surface area contributed by atoms with Crippen LogP contribution in [0.3, 0.4) is 0 Å². The number of benzene rings is 1. The Morgan fingerprint density at radius 1 is 1.33 bits per heavy atom. The van der Waals surface area contributed by atoms with Crippen LogP contribution >= 0.6 is 0 Å². The average Bonchev–Trinajstić information content (AvgIpc) is 2.36. The molecule has 0 radical (unpaired) electrons. The molecule has 120 valence electrons. The van der Waals surface area contributed by atoms with Crippen LogP contribution in [0, 0.1) is 5.82 Å². The Morgan fingerprint density at radius 3 is 2.38 bits per heavy atom. The summed E-state index contributed by atoms with van der Waals surface area (Å²) in [5, 5.41) is 3.20. The van der Waals surface area contributed by atoms with Crippen LogP contribution in [0.4, 0.5) is 4.39 Å². The molecular weight excluding hydrogens is 297 g/mol. The summed E-state index contributed by atoms with van der Waals surface area (Å²) in [7, 11) is -2.37. The highest BCUT2D eigenvalue weighted by atomic mass is 32.2. The number of halogens is 1. The van der Waals surface area contributed by atoms with Crippen molar-refractivity contribution >= 4 is 10.1 Å². The van der Waals surface area contributed by atoms with Gasteiger partial charge >= 0.3 is 0 Å². The van der Waals surface area contributed by atoms with E-state index in [1.165, 1.54) is 12.1 Å². The number of methoxy groups -OCH3 is 1. The quantitative estimate of drug-likeness (QED) is 0.567. The van der Waals surface area contributed by atoms with Crippen molar-refractivity contribution in [1.29, 1.82) is 0 Å². The van der Waals surface area contributed by atoms with E-state index in [9.17, 15) is 12.8 Å². The highest BCUT2D eigenvalue weighted by Gasteiger charge is 2.30. The highest BCUT2D eigenvalue weighted by Crippen LogP contribution is 2.28. The molecule has 1 aromatic rings. The van der Waals surface area contributed by atoms with E-state index in [2.05, 4.69) is 5.32 Å². The first-order valence-corrected chi connectivity index (χ1v) is 8.25. The number of nitrogens with one attached hydrogen (secondary N) is 1. The Bertz CT molecular complexity index is 543. The van der Waals surface area contributed by atoms with Gasteiger partial charge in [-0.15, -0.1) is 0 Å². The lowest BCUT2D eigenvalue weighted by molar-refractivity contribution is 0.0314. The molecule has 1 aromatic carbocycles. The maximum absolute atomic E-state index is 13.0. The third-order valence-corrected chi connectivity index (χ3v) is 4.03. The van der Waals surface area contributed by atoms with Gasteiger partial charge in [0.1, 0.15) is 5.82 Å². The molecule has 0 aliphatic rings. The summed E-state index contributed by atoms with van der Waals surface area (Å²) in [6.45, 7) is 4.24. The second-order valence-electron chi connectivity index (χ2n) is 5.46. The molecule has 0 aliphatic heterocycles. The second-order valence-corrected chi connectivity index (χ2v) is 7.03. The minimum Gasteiger partial charge on any atom is -0.375 e. The van der Waals surface area contributed by atoms with Gasteiger partial charge in [0.15, 0.2) is 0 Å². The van der Waals surface area contributed by atoms with Gasteiger partial charge in [-0.2, -0.15) is 8.42 Å². The molecular formula is C14H22FNO4S. The first-order chi connectivity index (χ1) is 9.65. The van der Waals surface area contributed by atoms with E-state index in [4.69, 9.17) is 9.29 Å². The molecule has 2 N–H and O–H groups in total. The standard InChI is InChI=1S/C14H22FNO4S/c1-14(2,16-9-4-10-21(17,18)19)13(20-3)11-5-7-12(15)8-6-11/h5-8,13,16H,4,9-10H2,1-3H3,(H,17,18,19). The van der Waals surface area contributed by atoms with E-state index >= 15 is 0 Å². The van der Waals surface area contributed by atoms with E-state index in [-0.39, 0.29) is 17.7 Å². The van der Waals surface area contributed by atoms with Crippen molar-refractivity contribution < 1.29 is 22.1 Å².